The SMILES string of the molecule is COC(C)(C)C1CCC(=O)CC1. The second kappa shape index (κ2) is 3.56. The van der Waals surface area contributed by atoms with Crippen LogP contribution in [0.1, 0.15) is 39.5 Å². The first-order valence-electron chi connectivity index (χ1n) is 4.63. The van der Waals surface area contributed by atoms with Gasteiger partial charge in [0, 0.05) is 20.0 Å². The van der Waals surface area contributed by atoms with Crippen molar-refractivity contribution < 1.29 is 9.53 Å². The maximum atomic E-state index is 11.0. The molecule has 0 aromatic heterocycles. The molecule has 0 unspecified atom stereocenters. The van der Waals surface area contributed by atoms with Gasteiger partial charge in [0.2, 0.25) is 0 Å². The van der Waals surface area contributed by atoms with Crippen molar-refractivity contribution in [2.24, 2.45) is 5.92 Å². The zero-order valence-electron chi connectivity index (χ0n) is 8.22. The fourth-order valence-corrected chi connectivity index (χ4v) is 1.80. The van der Waals surface area contributed by atoms with Crippen LogP contribution >= 0.6 is 0 Å². The van der Waals surface area contributed by atoms with Crippen molar-refractivity contribution in [1.82, 2.24) is 0 Å². The molecule has 1 rings (SSSR count). The van der Waals surface area contributed by atoms with Crippen molar-refractivity contribution >= 4 is 5.78 Å². The van der Waals surface area contributed by atoms with Gasteiger partial charge >= 0.3 is 0 Å². The first-order chi connectivity index (χ1) is 5.56. The molecule has 12 heavy (non-hydrogen) atoms. The quantitative estimate of drug-likeness (QED) is 0.635. The summed E-state index contributed by atoms with van der Waals surface area (Å²) in [6.45, 7) is 4.21. The molecule has 0 amide bonds. The van der Waals surface area contributed by atoms with Gasteiger partial charge in [-0.3, -0.25) is 4.79 Å². The number of Topliss-reactive ketones (excluding diaryl/α,β-unsaturated/α-hetero) is 1. The Hall–Kier alpha value is -0.370. The standard InChI is InChI=1S/C10H18O2/c1-10(2,12-3)8-4-6-9(11)7-5-8/h8H,4-7H2,1-3H3. The summed E-state index contributed by atoms with van der Waals surface area (Å²) in [5.41, 5.74) is -0.0549. The molecule has 0 bridgehead atoms. The molecule has 0 aromatic rings. The van der Waals surface area contributed by atoms with E-state index >= 15 is 0 Å². The number of rotatable bonds is 2. The molecule has 1 fully saturated rings. The molecule has 70 valence electrons. The summed E-state index contributed by atoms with van der Waals surface area (Å²) in [6, 6.07) is 0. The van der Waals surface area contributed by atoms with Gasteiger partial charge in [-0.2, -0.15) is 0 Å². The Morgan fingerprint density at radius 3 is 2.25 bits per heavy atom. The predicted molar refractivity (Wildman–Crippen MR) is 48.1 cm³/mol. The van der Waals surface area contributed by atoms with Gasteiger partial charge in [0.15, 0.2) is 0 Å². The van der Waals surface area contributed by atoms with Crippen LogP contribution in [0.5, 0.6) is 0 Å². The van der Waals surface area contributed by atoms with Gasteiger partial charge in [0.1, 0.15) is 5.78 Å². The van der Waals surface area contributed by atoms with E-state index < -0.39 is 0 Å². The Morgan fingerprint density at radius 1 is 1.33 bits per heavy atom. The minimum Gasteiger partial charge on any atom is -0.379 e. The number of carbonyl (C=O) groups excluding carboxylic acids is 1. The number of methoxy groups -OCH3 is 1. The topological polar surface area (TPSA) is 26.3 Å². The van der Waals surface area contributed by atoms with E-state index in [2.05, 4.69) is 13.8 Å². The summed E-state index contributed by atoms with van der Waals surface area (Å²) in [6.07, 6.45) is 3.49. The van der Waals surface area contributed by atoms with Crippen LogP contribution < -0.4 is 0 Å². The van der Waals surface area contributed by atoms with E-state index in [4.69, 9.17) is 4.74 Å². The van der Waals surface area contributed by atoms with E-state index in [1.54, 1.807) is 7.11 Å². The van der Waals surface area contributed by atoms with E-state index in [0.717, 1.165) is 25.7 Å². The second-order valence-electron chi connectivity index (χ2n) is 4.12. The monoisotopic (exact) mass is 170 g/mol. The third kappa shape index (κ3) is 2.07. The maximum absolute atomic E-state index is 11.0. The van der Waals surface area contributed by atoms with Gasteiger partial charge < -0.3 is 4.74 Å². The third-order valence-electron chi connectivity index (χ3n) is 3.05. The molecule has 0 saturated heterocycles. The molecule has 0 aliphatic heterocycles. The van der Waals surface area contributed by atoms with Gasteiger partial charge in [0.05, 0.1) is 5.60 Å². The molecular weight excluding hydrogens is 152 g/mol. The predicted octanol–water partition coefficient (Wildman–Crippen LogP) is 2.17. The minimum absolute atomic E-state index is 0.0549. The van der Waals surface area contributed by atoms with Gasteiger partial charge in [-0.15, -0.1) is 0 Å². The molecule has 0 radical (unpaired) electrons. The summed E-state index contributed by atoms with van der Waals surface area (Å²) >= 11 is 0. The molecule has 1 aliphatic rings. The zero-order valence-corrected chi connectivity index (χ0v) is 8.22. The molecule has 0 N–H and O–H groups in total. The van der Waals surface area contributed by atoms with E-state index in [1.165, 1.54) is 0 Å². The van der Waals surface area contributed by atoms with Crippen LogP contribution in [0.2, 0.25) is 0 Å². The largest absolute Gasteiger partial charge is 0.379 e. The first kappa shape index (κ1) is 9.72. The Balaban J connectivity index is 2.49. The summed E-state index contributed by atoms with van der Waals surface area (Å²) < 4.78 is 5.40. The Morgan fingerprint density at radius 2 is 1.83 bits per heavy atom. The first-order valence-corrected chi connectivity index (χ1v) is 4.63. The van der Waals surface area contributed by atoms with Crippen LogP contribution in [0.4, 0.5) is 0 Å². The summed E-state index contributed by atoms with van der Waals surface area (Å²) in [5, 5.41) is 0. The molecule has 0 atom stereocenters. The number of carbonyl (C=O) groups is 1. The highest BCUT2D eigenvalue weighted by Gasteiger charge is 2.32. The van der Waals surface area contributed by atoms with Crippen LogP contribution in [0.15, 0.2) is 0 Å². The van der Waals surface area contributed by atoms with Crippen LogP contribution in [0.25, 0.3) is 0 Å². The van der Waals surface area contributed by atoms with Crippen molar-refractivity contribution in [3.63, 3.8) is 0 Å². The van der Waals surface area contributed by atoms with Crippen molar-refractivity contribution in [3.8, 4) is 0 Å². The summed E-state index contributed by atoms with van der Waals surface area (Å²) in [7, 11) is 1.75. The van der Waals surface area contributed by atoms with Gasteiger partial charge in [-0.1, -0.05) is 0 Å². The van der Waals surface area contributed by atoms with Gasteiger partial charge in [-0.25, -0.2) is 0 Å². The van der Waals surface area contributed by atoms with Crippen molar-refractivity contribution in [2.45, 2.75) is 45.1 Å². The highest BCUT2D eigenvalue weighted by molar-refractivity contribution is 5.79. The molecule has 0 aromatic carbocycles. The average molecular weight is 170 g/mol. The summed E-state index contributed by atoms with van der Waals surface area (Å²) in [4.78, 5) is 11.0. The van der Waals surface area contributed by atoms with Crippen LogP contribution in [0, 0.1) is 5.92 Å². The molecule has 0 heterocycles. The number of hydrogen-bond acceptors (Lipinski definition) is 2. The lowest BCUT2D eigenvalue weighted by Gasteiger charge is -2.35. The van der Waals surface area contributed by atoms with Crippen LogP contribution in [-0.2, 0) is 9.53 Å². The van der Waals surface area contributed by atoms with E-state index in [-0.39, 0.29) is 5.60 Å². The number of hydrogen-bond donors (Lipinski definition) is 0. The lowest BCUT2D eigenvalue weighted by molar-refractivity contribution is -0.123. The summed E-state index contributed by atoms with van der Waals surface area (Å²) in [5.74, 6) is 0.971. The Bertz CT molecular complexity index is 163. The van der Waals surface area contributed by atoms with Crippen molar-refractivity contribution in [2.75, 3.05) is 7.11 Å². The van der Waals surface area contributed by atoms with E-state index in [0.29, 0.717) is 11.7 Å². The third-order valence-corrected chi connectivity index (χ3v) is 3.05. The zero-order chi connectivity index (χ0) is 9.19. The smallest absolute Gasteiger partial charge is 0.132 e. The highest BCUT2D eigenvalue weighted by Crippen LogP contribution is 2.32. The fourth-order valence-electron chi connectivity index (χ4n) is 1.80. The maximum Gasteiger partial charge on any atom is 0.132 e. The van der Waals surface area contributed by atoms with E-state index in [9.17, 15) is 4.79 Å². The van der Waals surface area contributed by atoms with Crippen LogP contribution in [-0.4, -0.2) is 18.5 Å². The fraction of sp³-hybridized carbons (Fsp3) is 0.900. The lowest BCUT2D eigenvalue weighted by Crippen LogP contribution is -2.36. The molecule has 2 nitrogen and oxygen atoms in total. The van der Waals surface area contributed by atoms with Gasteiger partial charge in [-0.05, 0) is 32.6 Å². The van der Waals surface area contributed by atoms with Gasteiger partial charge in [0.25, 0.3) is 0 Å². The molecular formula is C10H18O2. The lowest BCUT2D eigenvalue weighted by atomic mass is 9.78. The van der Waals surface area contributed by atoms with E-state index in [1.807, 2.05) is 0 Å². The number of ether oxygens (including phenoxy) is 1. The molecule has 0 spiro atoms. The van der Waals surface area contributed by atoms with Crippen molar-refractivity contribution in [3.05, 3.63) is 0 Å². The molecule has 2 heteroatoms. The second-order valence-corrected chi connectivity index (χ2v) is 4.12. The minimum atomic E-state index is -0.0549. The molecule has 1 aliphatic carbocycles. The Labute approximate surface area is 74.3 Å². The molecule has 1 saturated carbocycles. The number of ketones is 1. The normalized spacial score (nSPS) is 21.4. The average Bonchev–Trinajstić information content (AvgIpc) is 2.05. The van der Waals surface area contributed by atoms with Crippen LogP contribution in [0.3, 0.4) is 0 Å². The highest BCUT2D eigenvalue weighted by atomic mass is 16.5. The Kier molecular flexibility index (Phi) is 2.89. The van der Waals surface area contributed by atoms with Crippen molar-refractivity contribution in [1.29, 1.82) is 0 Å².